The van der Waals surface area contributed by atoms with Crippen molar-refractivity contribution in [1.82, 2.24) is 10.6 Å². The highest BCUT2D eigenvalue weighted by atomic mass is 127. The first-order valence-electron chi connectivity index (χ1n) is 5.91. The molecular formula is C12H26IN3O. The average Bonchev–Trinajstić information content (AvgIpc) is 2.24. The minimum atomic E-state index is 0. The summed E-state index contributed by atoms with van der Waals surface area (Å²) in [5.41, 5.74) is 0. The van der Waals surface area contributed by atoms with Gasteiger partial charge in [-0.2, -0.15) is 0 Å². The second-order valence-corrected chi connectivity index (χ2v) is 3.90. The molecule has 0 radical (unpaired) electrons. The zero-order valence-corrected chi connectivity index (χ0v) is 13.5. The molecule has 0 aromatic carbocycles. The molecule has 0 fully saturated rings. The van der Waals surface area contributed by atoms with E-state index < -0.39 is 0 Å². The first kappa shape index (κ1) is 19.0. The van der Waals surface area contributed by atoms with E-state index in [0.29, 0.717) is 19.1 Å². The van der Waals surface area contributed by atoms with Gasteiger partial charge in [-0.3, -0.25) is 4.99 Å². The summed E-state index contributed by atoms with van der Waals surface area (Å²) < 4.78 is 5.45. The molecule has 5 heteroatoms. The molecule has 2 N–H and O–H groups in total. The molecule has 0 amide bonds. The number of ether oxygens (including phenoxy) is 1. The summed E-state index contributed by atoms with van der Waals surface area (Å²) in [6.45, 7) is 13.7. The lowest BCUT2D eigenvalue weighted by Gasteiger charge is -2.09. The van der Waals surface area contributed by atoms with Crippen LogP contribution in [0.5, 0.6) is 0 Å². The molecule has 0 saturated carbocycles. The number of hydrogen-bond donors (Lipinski definition) is 2. The van der Waals surface area contributed by atoms with Gasteiger partial charge in [0.15, 0.2) is 5.96 Å². The van der Waals surface area contributed by atoms with E-state index >= 15 is 0 Å². The molecule has 0 unspecified atom stereocenters. The zero-order valence-electron chi connectivity index (χ0n) is 11.2. The van der Waals surface area contributed by atoms with Gasteiger partial charge in [-0.05, 0) is 12.8 Å². The largest absolute Gasteiger partial charge is 0.379 e. The van der Waals surface area contributed by atoms with Crippen LogP contribution in [-0.4, -0.2) is 38.8 Å². The van der Waals surface area contributed by atoms with Crippen LogP contribution in [0.4, 0.5) is 0 Å². The van der Waals surface area contributed by atoms with Gasteiger partial charge in [0.05, 0.1) is 13.2 Å². The Morgan fingerprint density at radius 1 is 1.41 bits per heavy atom. The SMILES string of the molecule is C=CCNC(=NCCOCC(C)C)NCC.I. The average molecular weight is 355 g/mol. The van der Waals surface area contributed by atoms with Gasteiger partial charge >= 0.3 is 0 Å². The van der Waals surface area contributed by atoms with Crippen LogP contribution in [0.2, 0.25) is 0 Å². The summed E-state index contributed by atoms with van der Waals surface area (Å²) in [5, 5.41) is 6.29. The Kier molecular flexibility index (Phi) is 15.4. The number of rotatable bonds is 8. The molecule has 0 aliphatic rings. The van der Waals surface area contributed by atoms with E-state index in [1.165, 1.54) is 0 Å². The molecular weight excluding hydrogens is 329 g/mol. The third-order valence-electron chi connectivity index (χ3n) is 1.71. The van der Waals surface area contributed by atoms with E-state index in [9.17, 15) is 0 Å². The Bertz CT molecular complexity index is 208. The fourth-order valence-corrected chi connectivity index (χ4v) is 1.05. The van der Waals surface area contributed by atoms with Crippen molar-refractivity contribution in [3.63, 3.8) is 0 Å². The molecule has 17 heavy (non-hydrogen) atoms. The van der Waals surface area contributed by atoms with E-state index in [4.69, 9.17) is 4.74 Å². The molecule has 0 bridgehead atoms. The summed E-state index contributed by atoms with van der Waals surface area (Å²) in [6.07, 6.45) is 1.81. The van der Waals surface area contributed by atoms with Gasteiger partial charge in [-0.1, -0.05) is 19.9 Å². The van der Waals surface area contributed by atoms with Crippen LogP contribution in [-0.2, 0) is 4.74 Å². The standard InChI is InChI=1S/C12H25N3O.HI/c1-5-7-14-12(13-6-2)15-8-9-16-10-11(3)4;/h5,11H,1,6-10H2,2-4H3,(H2,13,14,15);1H. The highest BCUT2D eigenvalue weighted by Gasteiger charge is 1.95. The Morgan fingerprint density at radius 3 is 2.65 bits per heavy atom. The van der Waals surface area contributed by atoms with Crippen molar-refractivity contribution in [3.05, 3.63) is 12.7 Å². The van der Waals surface area contributed by atoms with Gasteiger partial charge in [-0.25, -0.2) is 0 Å². The summed E-state index contributed by atoms with van der Waals surface area (Å²) in [6, 6.07) is 0. The maximum absolute atomic E-state index is 5.45. The number of guanidine groups is 1. The summed E-state index contributed by atoms with van der Waals surface area (Å²) >= 11 is 0. The van der Waals surface area contributed by atoms with Gasteiger partial charge in [-0.15, -0.1) is 30.6 Å². The predicted molar refractivity (Wildman–Crippen MR) is 85.3 cm³/mol. The first-order chi connectivity index (χ1) is 7.70. The molecule has 0 heterocycles. The van der Waals surface area contributed by atoms with E-state index in [2.05, 4.69) is 36.1 Å². The van der Waals surface area contributed by atoms with Gasteiger partial charge in [0.25, 0.3) is 0 Å². The van der Waals surface area contributed by atoms with Crippen LogP contribution in [0.1, 0.15) is 20.8 Å². The lowest BCUT2D eigenvalue weighted by Crippen LogP contribution is -2.37. The molecule has 0 atom stereocenters. The minimum Gasteiger partial charge on any atom is -0.379 e. The molecule has 0 rings (SSSR count). The lowest BCUT2D eigenvalue weighted by molar-refractivity contribution is 0.117. The molecule has 0 aromatic rings. The van der Waals surface area contributed by atoms with Crippen molar-refractivity contribution in [3.8, 4) is 0 Å². The summed E-state index contributed by atoms with van der Waals surface area (Å²) in [4.78, 5) is 4.37. The van der Waals surface area contributed by atoms with Gasteiger partial charge in [0, 0.05) is 19.7 Å². The molecule has 0 aliphatic carbocycles. The summed E-state index contributed by atoms with van der Waals surface area (Å²) in [5.74, 6) is 1.40. The van der Waals surface area contributed by atoms with Crippen LogP contribution >= 0.6 is 24.0 Å². The summed E-state index contributed by atoms with van der Waals surface area (Å²) in [7, 11) is 0. The monoisotopic (exact) mass is 355 g/mol. The number of nitrogens with one attached hydrogen (secondary N) is 2. The predicted octanol–water partition coefficient (Wildman–Crippen LogP) is 2.02. The smallest absolute Gasteiger partial charge is 0.191 e. The third-order valence-corrected chi connectivity index (χ3v) is 1.71. The Morgan fingerprint density at radius 2 is 2.12 bits per heavy atom. The first-order valence-corrected chi connectivity index (χ1v) is 5.91. The molecule has 0 spiro atoms. The molecule has 0 aromatic heterocycles. The molecule has 0 aliphatic heterocycles. The topological polar surface area (TPSA) is 45.7 Å². The second-order valence-electron chi connectivity index (χ2n) is 3.90. The number of halogens is 1. The van der Waals surface area contributed by atoms with Crippen LogP contribution in [0, 0.1) is 5.92 Å². The van der Waals surface area contributed by atoms with Crippen LogP contribution in [0.3, 0.4) is 0 Å². The zero-order chi connectivity index (χ0) is 12.2. The van der Waals surface area contributed by atoms with E-state index in [0.717, 1.165) is 25.7 Å². The van der Waals surface area contributed by atoms with Crippen molar-refractivity contribution in [2.45, 2.75) is 20.8 Å². The van der Waals surface area contributed by atoms with Gasteiger partial charge < -0.3 is 15.4 Å². The Labute approximate surface area is 122 Å². The van der Waals surface area contributed by atoms with Crippen molar-refractivity contribution >= 4 is 29.9 Å². The van der Waals surface area contributed by atoms with Gasteiger partial charge in [0.2, 0.25) is 0 Å². The molecule has 0 saturated heterocycles. The van der Waals surface area contributed by atoms with Crippen LogP contribution in [0.25, 0.3) is 0 Å². The van der Waals surface area contributed by atoms with Crippen molar-refractivity contribution in [2.75, 3.05) is 32.8 Å². The van der Waals surface area contributed by atoms with Crippen molar-refractivity contribution in [2.24, 2.45) is 10.9 Å². The van der Waals surface area contributed by atoms with Crippen LogP contribution < -0.4 is 10.6 Å². The Balaban J connectivity index is 0. The third kappa shape index (κ3) is 13.6. The maximum atomic E-state index is 5.45. The Hall–Kier alpha value is -0.300. The van der Waals surface area contributed by atoms with Crippen LogP contribution in [0.15, 0.2) is 17.6 Å². The molecule has 102 valence electrons. The highest BCUT2D eigenvalue weighted by molar-refractivity contribution is 14.0. The normalized spacial score (nSPS) is 10.9. The fourth-order valence-electron chi connectivity index (χ4n) is 1.05. The second kappa shape index (κ2) is 13.8. The minimum absolute atomic E-state index is 0. The lowest BCUT2D eigenvalue weighted by atomic mass is 10.2. The van der Waals surface area contributed by atoms with E-state index in [1.807, 2.05) is 13.0 Å². The maximum Gasteiger partial charge on any atom is 0.191 e. The van der Waals surface area contributed by atoms with E-state index in [1.54, 1.807) is 0 Å². The van der Waals surface area contributed by atoms with E-state index in [-0.39, 0.29) is 24.0 Å². The number of hydrogen-bond acceptors (Lipinski definition) is 2. The van der Waals surface area contributed by atoms with Crippen molar-refractivity contribution in [1.29, 1.82) is 0 Å². The number of aliphatic imine (C=N–C) groups is 1. The fraction of sp³-hybridized carbons (Fsp3) is 0.750. The van der Waals surface area contributed by atoms with Crippen molar-refractivity contribution < 1.29 is 4.74 Å². The quantitative estimate of drug-likeness (QED) is 0.230. The highest BCUT2D eigenvalue weighted by Crippen LogP contribution is 1.91. The molecule has 4 nitrogen and oxygen atoms in total. The number of nitrogens with zero attached hydrogens (tertiary/aromatic N) is 1. The van der Waals surface area contributed by atoms with Gasteiger partial charge in [0.1, 0.15) is 0 Å².